The molecule has 3 aromatic rings. The molecule has 0 aliphatic heterocycles. The Morgan fingerprint density at radius 1 is 1.04 bits per heavy atom. The molecule has 0 atom stereocenters. The van der Waals surface area contributed by atoms with Gasteiger partial charge in [0.1, 0.15) is 12.0 Å². The summed E-state index contributed by atoms with van der Waals surface area (Å²) >= 11 is 5.82. The van der Waals surface area contributed by atoms with Crippen molar-refractivity contribution in [2.75, 3.05) is 16.5 Å². The number of carbonyl (C=O) groups excluding carboxylic acids is 1. The minimum atomic E-state index is -0.339. The first kappa shape index (κ1) is 18.5. The lowest BCUT2D eigenvalue weighted by Gasteiger charge is -2.13. The van der Waals surface area contributed by atoms with Crippen molar-refractivity contribution in [3.63, 3.8) is 0 Å². The third kappa shape index (κ3) is 4.65. The van der Waals surface area contributed by atoms with Gasteiger partial charge in [-0.1, -0.05) is 30.7 Å². The van der Waals surface area contributed by atoms with Crippen LogP contribution in [0.4, 0.5) is 23.0 Å². The number of aryl methyl sites for hydroxylation is 1. The molecule has 7 nitrogen and oxygen atoms in total. The largest absolute Gasteiger partial charge is 0.393 e. The SMILES string of the molecule is CCc1ccc(Nc2ncnc(NNC(=O)c3ccc(Cl)cc3)c2N)cc1. The standard InChI is InChI=1S/C19H19ClN6O/c1-2-12-3-9-15(10-4-12)24-17-16(21)18(23-11-22-17)25-26-19(27)13-5-7-14(20)8-6-13/h3-11H,2,21H2,1H3,(H,26,27)(H2,22,23,24,25). The second kappa shape index (κ2) is 8.37. The van der Waals surface area contributed by atoms with Crippen LogP contribution in [0.2, 0.25) is 5.02 Å². The Bertz CT molecular complexity index is 928. The van der Waals surface area contributed by atoms with Crippen molar-refractivity contribution < 1.29 is 4.79 Å². The van der Waals surface area contributed by atoms with Crippen molar-refractivity contribution in [2.45, 2.75) is 13.3 Å². The van der Waals surface area contributed by atoms with Gasteiger partial charge in [-0.25, -0.2) is 9.97 Å². The van der Waals surface area contributed by atoms with E-state index in [9.17, 15) is 4.79 Å². The van der Waals surface area contributed by atoms with E-state index in [0.29, 0.717) is 22.2 Å². The molecule has 0 saturated carbocycles. The van der Waals surface area contributed by atoms with Gasteiger partial charge in [-0.15, -0.1) is 0 Å². The van der Waals surface area contributed by atoms with Crippen LogP contribution in [0.1, 0.15) is 22.8 Å². The number of nitrogens with zero attached hydrogens (tertiary/aromatic N) is 2. The molecule has 1 amide bonds. The minimum Gasteiger partial charge on any atom is -0.393 e. The van der Waals surface area contributed by atoms with Crippen LogP contribution in [0.5, 0.6) is 0 Å². The number of aromatic nitrogens is 2. The summed E-state index contributed by atoms with van der Waals surface area (Å²) in [6.45, 7) is 2.10. The fraction of sp³-hybridized carbons (Fsp3) is 0.105. The van der Waals surface area contributed by atoms with Crippen LogP contribution in [0.15, 0.2) is 54.9 Å². The summed E-state index contributed by atoms with van der Waals surface area (Å²) in [5.41, 5.74) is 14.2. The Morgan fingerprint density at radius 3 is 2.37 bits per heavy atom. The molecule has 0 spiro atoms. The van der Waals surface area contributed by atoms with Crippen LogP contribution in [-0.2, 0) is 6.42 Å². The number of rotatable bonds is 6. The maximum Gasteiger partial charge on any atom is 0.269 e. The van der Waals surface area contributed by atoms with Gasteiger partial charge in [-0.3, -0.25) is 15.6 Å². The average molecular weight is 383 g/mol. The maximum atomic E-state index is 12.2. The molecule has 0 aliphatic carbocycles. The molecule has 1 aromatic heterocycles. The van der Waals surface area contributed by atoms with Crippen molar-refractivity contribution in [2.24, 2.45) is 0 Å². The third-order valence-corrected chi connectivity index (χ3v) is 4.16. The molecule has 0 bridgehead atoms. The summed E-state index contributed by atoms with van der Waals surface area (Å²) in [4.78, 5) is 20.4. The van der Waals surface area contributed by atoms with E-state index in [2.05, 4.69) is 33.1 Å². The number of hydrogen-bond acceptors (Lipinski definition) is 6. The predicted molar refractivity (Wildman–Crippen MR) is 108 cm³/mol. The number of carbonyl (C=O) groups is 1. The maximum absolute atomic E-state index is 12.2. The lowest BCUT2D eigenvalue weighted by molar-refractivity contribution is 0.0962. The van der Waals surface area contributed by atoms with Gasteiger partial charge in [-0.2, -0.15) is 0 Å². The minimum absolute atomic E-state index is 0.286. The van der Waals surface area contributed by atoms with Crippen molar-refractivity contribution in [1.82, 2.24) is 15.4 Å². The first-order chi connectivity index (χ1) is 13.1. The van der Waals surface area contributed by atoms with E-state index in [-0.39, 0.29) is 11.6 Å². The third-order valence-electron chi connectivity index (χ3n) is 3.91. The number of hydrogen-bond donors (Lipinski definition) is 4. The fourth-order valence-corrected chi connectivity index (χ4v) is 2.47. The van der Waals surface area contributed by atoms with E-state index in [0.717, 1.165) is 12.1 Å². The van der Waals surface area contributed by atoms with E-state index in [1.807, 2.05) is 24.3 Å². The number of hydrazine groups is 1. The van der Waals surface area contributed by atoms with Crippen molar-refractivity contribution in [1.29, 1.82) is 0 Å². The lowest BCUT2D eigenvalue weighted by atomic mass is 10.1. The van der Waals surface area contributed by atoms with Gasteiger partial charge in [-0.05, 0) is 48.4 Å². The quantitative estimate of drug-likeness (QED) is 0.483. The highest BCUT2D eigenvalue weighted by Gasteiger charge is 2.10. The molecule has 5 N–H and O–H groups in total. The van der Waals surface area contributed by atoms with Crippen LogP contribution in [0.3, 0.4) is 0 Å². The highest BCUT2D eigenvalue weighted by molar-refractivity contribution is 6.30. The zero-order valence-corrected chi connectivity index (χ0v) is 15.4. The summed E-state index contributed by atoms with van der Waals surface area (Å²) in [7, 11) is 0. The topological polar surface area (TPSA) is 105 Å². The number of amides is 1. The Kier molecular flexibility index (Phi) is 5.73. The molecule has 1 heterocycles. The molecule has 0 unspecified atom stereocenters. The monoisotopic (exact) mass is 382 g/mol. The summed E-state index contributed by atoms with van der Waals surface area (Å²) in [6.07, 6.45) is 2.33. The van der Waals surface area contributed by atoms with Gasteiger partial charge in [0.05, 0.1) is 0 Å². The lowest BCUT2D eigenvalue weighted by Crippen LogP contribution is -2.30. The number of nitrogens with two attached hydrogens (primary N) is 1. The van der Waals surface area contributed by atoms with Gasteiger partial charge >= 0.3 is 0 Å². The Balaban J connectivity index is 1.68. The van der Waals surface area contributed by atoms with Gasteiger partial charge in [0.2, 0.25) is 0 Å². The van der Waals surface area contributed by atoms with Crippen molar-refractivity contribution >= 4 is 40.5 Å². The van der Waals surface area contributed by atoms with Crippen LogP contribution >= 0.6 is 11.6 Å². The molecule has 3 rings (SSSR count). The number of benzene rings is 2. The molecule has 8 heteroatoms. The highest BCUT2D eigenvalue weighted by atomic mass is 35.5. The zero-order valence-electron chi connectivity index (χ0n) is 14.7. The predicted octanol–water partition coefficient (Wildman–Crippen LogP) is 3.78. The van der Waals surface area contributed by atoms with Crippen LogP contribution in [0, 0.1) is 0 Å². The van der Waals surface area contributed by atoms with E-state index in [1.54, 1.807) is 24.3 Å². The fourth-order valence-electron chi connectivity index (χ4n) is 2.34. The van der Waals surface area contributed by atoms with Crippen molar-refractivity contribution in [3.8, 4) is 0 Å². The first-order valence-electron chi connectivity index (χ1n) is 8.35. The normalized spacial score (nSPS) is 10.3. The smallest absolute Gasteiger partial charge is 0.269 e. The van der Waals surface area contributed by atoms with Crippen LogP contribution in [-0.4, -0.2) is 15.9 Å². The molecule has 27 heavy (non-hydrogen) atoms. The van der Waals surface area contributed by atoms with Gasteiger partial charge < -0.3 is 11.1 Å². The summed E-state index contributed by atoms with van der Waals surface area (Å²) in [5, 5.41) is 3.70. The highest BCUT2D eigenvalue weighted by Crippen LogP contribution is 2.25. The van der Waals surface area contributed by atoms with Gasteiger partial charge in [0, 0.05) is 16.3 Å². The number of nitrogen functional groups attached to an aromatic ring is 1. The zero-order chi connectivity index (χ0) is 19.2. The summed E-state index contributed by atoms with van der Waals surface area (Å²) < 4.78 is 0. The number of nitrogens with one attached hydrogen (secondary N) is 3. The van der Waals surface area contributed by atoms with E-state index < -0.39 is 0 Å². The first-order valence-corrected chi connectivity index (χ1v) is 8.73. The second-order valence-electron chi connectivity index (χ2n) is 5.75. The summed E-state index contributed by atoms with van der Waals surface area (Å²) in [6, 6.07) is 14.5. The molecule has 138 valence electrons. The molecular weight excluding hydrogens is 364 g/mol. The molecule has 0 radical (unpaired) electrons. The molecule has 0 fully saturated rings. The molecule has 0 saturated heterocycles. The number of anilines is 4. The van der Waals surface area contributed by atoms with E-state index >= 15 is 0 Å². The Hall–Kier alpha value is -3.32. The second-order valence-corrected chi connectivity index (χ2v) is 6.18. The van der Waals surface area contributed by atoms with Crippen LogP contribution < -0.4 is 21.9 Å². The molecule has 2 aromatic carbocycles. The van der Waals surface area contributed by atoms with E-state index in [4.69, 9.17) is 17.3 Å². The van der Waals surface area contributed by atoms with E-state index in [1.165, 1.54) is 11.9 Å². The van der Waals surface area contributed by atoms with Gasteiger partial charge in [0.15, 0.2) is 11.6 Å². The average Bonchev–Trinajstić information content (AvgIpc) is 2.69. The van der Waals surface area contributed by atoms with Crippen molar-refractivity contribution in [3.05, 3.63) is 71.0 Å². The Labute approximate surface area is 162 Å². The number of halogens is 1. The Morgan fingerprint density at radius 2 is 1.70 bits per heavy atom. The van der Waals surface area contributed by atoms with Gasteiger partial charge in [0.25, 0.3) is 5.91 Å². The van der Waals surface area contributed by atoms with Crippen LogP contribution in [0.25, 0.3) is 0 Å². The molecule has 0 aliphatic rings. The molecular formula is C19H19ClN6O. The summed E-state index contributed by atoms with van der Waals surface area (Å²) in [5.74, 6) is 0.395.